The molecule has 128 valence electrons. The summed E-state index contributed by atoms with van der Waals surface area (Å²) in [7, 11) is 0. The van der Waals surface area contributed by atoms with Crippen molar-refractivity contribution in [1.82, 2.24) is 10.3 Å². The van der Waals surface area contributed by atoms with Crippen LogP contribution < -0.4 is 10.6 Å². The lowest BCUT2D eigenvalue weighted by molar-refractivity contribution is -0.117. The van der Waals surface area contributed by atoms with Crippen molar-refractivity contribution < 1.29 is 4.79 Å². The van der Waals surface area contributed by atoms with E-state index in [9.17, 15) is 4.79 Å². The predicted octanol–water partition coefficient (Wildman–Crippen LogP) is 3.92. The molecule has 0 aliphatic carbocycles. The maximum Gasteiger partial charge on any atom is 0.227 e. The van der Waals surface area contributed by atoms with Gasteiger partial charge in [0, 0.05) is 17.5 Å². The first-order valence-electron chi connectivity index (χ1n) is 8.56. The first-order chi connectivity index (χ1) is 11.5. The predicted molar refractivity (Wildman–Crippen MR) is 99.7 cm³/mol. The van der Waals surface area contributed by atoms with Gasteiger partial charge in [0.2, 0.25) is 5.91 Å². The van der Waals surface area contributed by atoms with E-state index in [1.54, 1.807) is 11.3 Å². The number of carbonyl (C=O) groups is 1. The molecule has 5 heteroatoms. The quantitative estimate of drug-likeness (QED) is 0.865. The SMILES string of the molecule is CC(C)(CC(=O)Nc1ncc(C2CCNCC2)s1)c1ccccc1. The number of aromatic nitrogens is 1. The van der Waals surface area contributed by atoms with Gasteiger partial charge in [-0.1, -0.05) is 44.2 Å². The lowest BCUT2D eigenvalue weighted by atomic mass is 9.81. The van der Waals surface area contributed by atoms with Gasteiger partial charge >= 0.3 is 0 Å². The van der Waals surface area contributed by atoms with E-state index in [0.29, 0.717) is 12.3 Å². The number of hydrogen-bond acceptors (Lipinski definition) is 4. The molecule has 0 spiro atoms. The van der Waals surface area contributed by atoms with Crippen molar-refractivity contribution >= 4 is 22.4 Å². The summed E-state index contributed by atoms with van der Waals surface area (Å²) in [6.45, 7) is 6.33. The highest BCUT2D eigenvalue weighted by molar-refractivity contribution is 7.15. The lowest BCUT2D eigenvalue weighted by Crippen LogP contribution is -2.26. The molecule has 0 bridgehead atoms. The monoisotopic (exact) mass is 343 g/mol. The third kappa shape index (κ3) is 4.22. The summed E-state index contributed by atoms with van der Waals surface area (Å²) in [5, 5.41) is 7.08. The molecule has 1 saturated heterocycles. The second-order valence-corrected chi connectivity index (χ2v) is 8.13. The third-order valence-electron chi connectivity index (χ3n) is 4.67. The molecule has 2 heterocycles. The lowest BCUT2D eigenvalue weighted by Gasteiger charge is -2.24. The molecule has 2 N–H and O–H groups in total. The Morgan fingerprint density at radius 1 is 1.29 bits per heavy atom. The number of piperidine rings is 1. The van der Waals surface area contributed by atoms with Crippen LogP contribution in [-0.4, -0.2) is 24.0 Å². The highest BCUT2D eigenvalue weighted by Gasteiger charge is 2.25. The average molecular weight is 343 g/mol. The molecule has 0 unspecified atom stereocenters. The third-order valence-corrected chi connectivity index (χ3v) is 5.74. The number of amides is 1. The first kappa shape index (κ1) is 17.1. The zero-order valence-electron chi connectivity index (χ0n) is 14.3. The summed E-state index contributed by atoms with van der Waals surface area (Å²) in [6, 6.07) is 10.2. The minimum atomic E-state index is -0.194. The van der Waals surface area contributed by atoms with Gasteiger partial charge in [0.25, 0.3) is 0 Å². The Labute approximate surface area is 147 Å². The van der Waals surface area contributed by atoms with E-state index in [4.69, 9.17) is 0 Å². The summed E-state index contributed by atoms with van der Waals surface area (Å²) < 4.78 is 0. The molecule has 0 saturated carbocycles. The van der Waals surface area contributed by atoms with Gasteiger partial charge in [-0.15, -0.1) is 11.3 Å². The molecule has 2 aromatic rings. The number of benzene rings is 1. The molecular formula is C19H25N3OS. The van der Waals surface area contributed by atoms with Crippen LogP contribution in [0, 0.1) is 0 Å². The van der Waals surface area contributed by atoms with Crippen molar-refractivity contribution in [3.63, 3.8) is 0 Å². The molecule has 1 fully saturated rings. The highest BCUT2D eigenvalue weighted by atomic mass is 32.1. The molecule has 1 aliphatic heterocycles. The van der Waals surface area contributed by atoms with Gasteiger partial charge < -0.3 is 10.6 Å². The molecular weight excluding hydrogens is 318 g/mol. The summed E-state index contributed by atoms with van der Waals surface area (Å²) in [6.07, 6.45) is 4.67. The smallest absolute Gasteiger partial charge is 0.227 e. The van der Waals surface area contributed by atoms with Crippen LogP contribution in [0.5, 0.6) is 0 Å². The molecule has 0 radical (unpaired) electrons. The van der Waals surface area contributed by atoms with Crippen LogP contribution in [-0.2, 0) is 10.2 Å². The Morgan fingerprint density at radius 3 is 2.71 bits per heavy atom. The van der Waals surface area contributed by atoms with Crippen molar-refractivity contribution in [2.24, 2.45) is 0 Å². The minimum absolute atomic E-state index is 0.0232. The fraction of sp³-hybridized carbons (Fsp3) is 0.474. The van der Waals surface area contributed by atoms with Gasteiger partial charge in [-0.25, -0.2) is 4.98 Å². The molecule has 1 aliphatic rings. The van der Waals surface area contributed by atoms with Crippen LogP contribution in [0.25, 0.3) is 0 Å². The molecule has 1 amide bonds. The van der Waals surface area contributed by atoms with Gasteiger partial charge in [0.05, 0.1) is 0 Å². The molecule has 4 nitrogen and oxygen atoms in total. The van der Waals surface area contributed by atoms with Crippen molar-refractivity contribution in [3.05, 3.63) is 47.0 Å². The van der Waals surface area contributed by atoms with E-state index in [1.165, 1.54) is 10.4 Å². The zero-order valence-corrected chi connectivity index (χ0v) is 15.2. The average Bonchev–Trinajstić information content (AvgIpc) is 3.04. The summed E-state index contributed by atoms with van der Waals surface area (Å²) in [5.74, 6) is 0.602. The molecule has 1 aromatic carbocycles. The molecule has 1 aromatic heterocycles. The molecule has 24 heavy (non-hydrogen) atoms. The van der Waals surface area contributed by atoms with Gasteiger partial charge in [-0.2, -0.15) is 0 Å². The Morgan fingerprint density at radius 2 is 2.00 bits per heavy atom. The van der Waals surface area contributed by atoms with Gasteiger partial charge in [0.1, 0.15) is 0 Å². The number of thiazole rings is 1. The summed E-state index contributed by atoms with van der Waals surface area (Å²) >= 11 is 1.62. The number of hydrogen-bond donors (Lipinski definition) is 2. The van der Waals surface area contributed by atoms with E-state index >= 15 is 0 Å². The second-order valence-electron chi connectivity index (χ2n) is 7.07. The largest absolute Gasteiger partial charge is 0.317 e. The maximum absolute atomic E-state index is 12.4. The summed E-state index contributed by atoms with van der Waals surface area (Å²) in [5.41, 5.74) is 0.982. The van der Waals surface area contributed by atoms with Crippen molar-refractivity contribution in [2.45, 2.75) is 44.4 Å². The Balaban J connectivity index is 1.60. The van der Waals surface area contributed by atoms with Crippen LogP contribution in [0.3, 0.4) is 0 Å². The minimum Gasteiger partial charge on any atom is -0.317 e. The standard InChI is InChI=1S/C19H25N3OS/c1-19(2,15-6-4-3-5-7-15)12-17(23)22-18-21-13-16(24-18)14-8-10-20-11-9-14/h3-7,13-14,20H,8-12H2,1-2H3,(H,21,22,23). The number of nitrogens with zero attached hydrogens (tertiary/aromatic N) is 1. The van der Waals surface area contributed by atoms with Gasteiger partial charge in [-0.3, -0.25) is 4.79 Å². The number of anilines is 1. The van der Waals surface area contributed by atoms with Crippen LogP contribution >= 0.6 is 11.3 Å². The van der Waals surface area contributed by atoms with Crippen LogP contribution in [0.15, 0.2) is 36.5 Å². The summed E-state index contributed by atoms with van der Waals surface area (Å²) in [4.78, 5) is 18.1. The first-order valence-corrected chi connectivity index (χ1v) is 9.38. The maximum atomic E-state index is 12.4. The molecule has 0 atom stereocenters. The molecule has 3 rings (SSSR count). The van der Waals surface area contributed by atoms with E-state index in [0.717, 1.165) is 31.1 Å². The van der Waals surface area contributed by atoms with Crippen molar-refractivity contribution in [1.29, 1.82) is 0 Å². The Hall–Kier alpha value is -1.72. The van der Waals surface area contributed by atoms with E-state index in [-0.39, 0.29) is 11.3 Å². The number of rotatable bonds is 5. The van der Waals surface area contributed by atoms with Gasteiger partial charge in [-0.05, 0) is 42.8 Å². The number of nitrogens with one attached hydrogen (secondary N) is 2. The van der Waals surface area contributed by atoms with E-state index < -0.39 is 0 Å². The fourth-order valence-electron chi connectivity index (χ4n) is 3.20. The highest BCUT2D eigenvalue weighted by Crippen LogP contribution is 2.32. The van der Waals surface area contributed by atoms with Crippen LogP contribution in [0.1, 0.15) is 49.5 Å². The Kier molecular flexibility index (Phi) is 5.31. The van der Waals surface area contributed by atoms with E-state index in [1.807, 2.05) is 24.4 Å². The topological polar surface area (TPSA) is 54.0 Å². The van der Waals surface area contributed by atoms with Crippen molar-refractivity contribution in [2.75, 3.05) is 18.4 Å². The van der Waals surface area contributed by atoms with Crippen LogP contribution in [0.4, 0.5) is 5.13 Å². The second kappa shape index (κ2) is 7.45. The zero-order chi connectivity index (χ0) is 17.0. The fourth-order valence-corrected chi connectivity index (χ4v) is 4.20. The van der Waals surface area contributed by atoms with E-state index in [2.05, 4.69) is 41.6 Å². The van der Waals surface area contributed by atoms with Crippen LogP contribution in [0.2, 0.25) is 0 Å². The van der Waals surface area contributed by atoms with Crippen molar-refractivity contribution in [3.8, 4) is 0 Å². The normalized spacial score (nSPS) is 16.1. The Bertz CT molecular complexity index is 675. The number of carbonyl (C=O) groups excluding carboxylic acids is 1. The van der Waals surface area contributed by atoms with Gasteiger partial charge in [0.15, 0.2) is 5.13 Å².